The van der Waals surface area contributed by atoms with Gasteiger partial charge in [-0.15, -0.1) is 0 Å². The molecule has 2 rings (SSSR count). The molecule has 128 valence electrons. The van der Waals surface area contributed by atoms with Gasteiger partial charge < -0.3 is 4.90 Å². The van der Waals surface area contributed by atoms with E-state index in [-0.39, 0.29) is 28.2 Å². The number of carbonyl (C=O) groups is 1. The summed E-state index contributed by atoms with van der Waals surface area (Å²) in [5.74, 6) is 0.182. The lowest BCUT2D eigenvalue weighted by molar-refractivity contribution is -0.131. The van der Waals surface area contributed by atoms with Gasteiger partial charge in [-0.2, -0.15) is 0 Å². The highest BCUT2D eigenvalue weighted by atomic mass is 35.5. The van der Waals surface area contributed by atoms with Crippen molar-refractivity contribution in [1.29, 1.82) is 0 Å². The lowest BCUT2D eigenvalue weighted by Gasteiger charge is -2.33. The van der Waals surface area contributed by atoms with E-state index in [0.29, 0.717) is 19.0 Å². The van der Waals surface area contributed by atoms with E-state index in [1.165, 1.54) is 0 Å². The Labute approximate surface area is 147 Å². The van der Waals surface area contributed by atoms with Crippen molar-refractivity contribution in [2.45, 2.75) is 19.8 Å². The monoisotopic (exact) mass is 378 g/mol. The van der Waals surface area contributed by atoms with Gasteiger partial charge in [0.1, 0.15) is 6.54 Å². The van der Waals surface area contributed by atoms with Gasteiger partial charge in [0.15, 0.2) is 0 Å². The van der Waals surface area contributed by atoms with Gasteiger partial charge >= 0.3 is 0 Å². The molecule has 23 heavy (non-hydrogen) atoms. The zero-order valence-electron chi connectivity index (χ0n) is 13.1. The third kappa shape index (κ3) is 4.52. The first-order valence-corrected chi connectivity index (χ1v) is 10.00. The van der Waals surface area contributed by atoms with Crippen LogP contribution in [0.3, 0.4) is 0 Å². The van der Waals surface area contributed by atoms with Crippen molar-refractivity contribution in [1.82, 2.24) is 4.90 Å². The van der Waals surface area contributed by atoms with E-state index in [9.17, 15) is 13.2 Å². The topological polar surface area (TPSA) is 57.7 Å². The van der Waals surface area contributed by atoms with Crippen LogP contribution in [-0.2, 0) is 14.8 Å². The number of rotatable bonds is 4. The van der Waals surface area contributed by atoms with E-state index in [0.717, 1.165) is 23.4 Å². The fourth-order valence-corrected chi connectivity index (χ4v) is 4.30. The molecule has 0 spiro atoms. The van der Waals surface area contributed by atoms with Crippen LogP contribution < -0.4 is 4.31 Å². The Balaban J connectivity index is 2.29. The van der Waals surface area contributed by atoms with E-state index >= 15 is 0 Å². The standard InChI is InChI=1S/C15H20Cl2N2O3S/c1-11-5-4-8-18(9-11)14(20)10-19(23(2,21)22)15-12(16)6-3-7-13(15)17/h3,6-7,11H,4-5,8-10H2,1-2H3. The van der Waals surface area contributed by atoms with E-state index in [2.05, 4.69) is 6.92 Å². The highest BCUT2D eigenvalue weighted by Gasteiger charge is 2.28. The minimum Gasteiger partial charge on any atom is -0.341 e. The van der Waals surface area contributed by atoms with Crippen molar-refractivity contribution in [2.24, 2.45) is 5.92 Å². The van der Waals surface area contributed by atoms with Gasteiger partial charge in [0.25, 0.3) is 0 Å². The molecule has 1 unspecified atom stereocenters. The molecule has 1 aliphatic heterocycles. The Morgan fingerprint density at radius 2 is 1.96 bits per heavy atom. The number of carbonyl (C=O) groups excluding carboxylic acids is 1. The van der Waals surface area contributed by atoms with E-state index in [4.69, 9.17) is 23.2 Å². The van der Waals surface area contributed by atoms with Crippen LogP contribution in [0.4, 0.5) is 5.69 Å². The van der Waals surface area contributed by atoms with Gasteiger partial charge in [0, 0.05) is 13.1 Å². The summed E-state index contributed by atoms with van der Waals surface area (Å²) < 4.78 is 25.3. The van der Waals surface area contributed by atoms with Crippen molar-refractivity contribution in [3.8, 4) is 0 Å². The third-order valence-corrected chi connectivity index (χ3v) is 5.60. The van der Waals surface area contributed by atoms with Gasteiger partial charge in [0.2, 0.25) is 15.9 Å². The largest absolute Gasteiger partial charge is 0.341 e. The van der Waals surface area contributed by atoms with Crippen LogP contribution in [0.25, 0.3) is 0 Å². The predicted octanol–water partition coefficient (Wildman–Crippen LogP) is 3.02. The molecule has 5 nitrogen and oxygen atoms in total. The molecule has 0 aromatic heterocycles. The minimum atomic E-state index is -3.69. The zero-order chi connectivity index (χ0) is 17.2. The van der Waals surface area contributed by atoms with Crippen LogP contribution in [0.15, 0.2) is 18.2 Å². The lowest BCUT2D eigenvalue weighted by Crippen LogP contribution is -2.46. The average Bonchev–Trinajstić information content (AvgIpc) is 2.44. The number of amides is 1. The molecule has 0 radical (unpaired) electrons. The Bertz CT molecular complexity index is 674. The molecule has 8 heteroatoms. The van der Waals surface area contributed by atoms with Crippen LogP contribution >= 0.6 is 23.2 Å². The normalized spacial score (nSPS) is 18.8. The smallest absolute Gasteiger partial charge is 0.243 e. The van der Waals surface area contributed by atoms with Crippen molar-refractivity contribution >= 4 is 44.8 Å². The molecule has 0 bridgehead atoms. The highest BCUT2D eigenvalue weighted by molar-refractivity contribution is 7.92. The molecule has 1 fully saturated rings. The number of hydrogen-bond acceptors (Lipinski definition) is 3. The van der Waals surface area contributed by atoms with E-state index in [1.54, 1.807) is 23.1 Å². The third-order valence-electron chi connectivity index (χ3n) is 3.88. The van der Waals surface area contributed by atoms with Gasteiger partial charge in [0.05, 0.1) is 22.0 Å². The number of likely N-dealkylation sites (tertiary alicyclic amines) is 1. The molecular formula is C15H20Cl2N2O3S. The summed E-state index contributed by atoms with van der Waals surface area (Å²) in [6.45, 7) is 3.08. The van der Waals surface area contributed by atoms with Crippen molar-refractivity contribution < 1.29 is 13.2 Å². The fourth-order valence-electron chi connectivity index (χ4n) is 2.73. The average molecular weight is 379 g/mol. The molecular weight excluding hydrogens is 359 g/mol. The number of halogens is 2. The maximum Gasteiger partial charge on any atom is 0.243 e. The number of para-hydroxylation sites is 1. The summed E-state index contributed by atoms with van der Waals surface area (Å²) in [4.78, 5) is 14.2. The molecule has 1 amide bonds. The van der Waals surface area contributed by atoms with Gasteiger partial charge in [-0.3, -0.25) is 9.10 Å². The lowest BCUT2D eigenvalue weighted by atomic mass is 10.0. The van der Waals surface area contributed by atoms with Gasteiger partial charge in [-0.1, -0.05) is 36.2 Å². The number of nitrogens with zero attached hydrogens (tertiary/aromatic N) is 2. The number of sulfonamides is 1. The summed E-state index contributed by atoms with van der Waals surface area (Å²) in [5.41, 5.74) is 0.150. The second kappa shape index (κ2) is 7.28. The maximum absolute atomic E-state index is 12.5. The molecule has 1 saturated heterocycles. The van der Waals surface area contributed by atoms with E-state index in [1.807, 2.05) is 0 Å². The van der Waals surface area contributed by atoms with Gasteiger partial charge in [-0.05, 0) is 30.9 Å². The van der Waals surface area contributed by atoms with Crippen LogP contribution in [0.2, 0.25) is 10.0 Å². The van der Waals surface area contributed by atoms with Crippen LogP contribution in [0.1, 0.15) is 19.8 Å². The van der Waals surface area contributed by atoms with Crippen molar-refractivity contribution in [3.63, 3.8) is 0 Å². The minimum absolute atomic E-state index is 0.150. The van der Waals surface area contributed by atoms with E-state index < -0.39 is 10.0 Å². The molecule has 0 aliphatic carbocycles. The van der Waals surface area contributed by atoms with Crippen LogP contribution in [0, 0.1) is 5.92 Å². The Morgan fingerprint density at radius 3 is 2.48 bits per heavy atom. The summed E-state index contributed by atoms with van der Waals surface area (Å²) in [5, 5.41) is 0.394. The first-order valence-electron chi connectivity index (χ1n) is 7.39. The van der Waals surface area contributed by atoms with Crippen LogP contribution in [0.5, 0.6) is 0 Å². The SMILES string of the molecule is CC1CCCN(C(=O)CN(c2c(Cl)cccc2Cl)S(C)(=O)=O)C1. The second-order valence-corrected chi connectivity index (χ2v) is 8.65. The first kappa shape index (κ1) is 18.4. The number of hydrogen-bond donors (Lipinski definition) is 0. The molecule has 0 saturated carbocycles. The Kier molecular flexibility index (Phi) is 5.81. The predicted molar refractivity (Wildman–Crippen MR) is 93.6 cm³/mol. The summed E-state index contributed by atoms with van der Waals surface area (Å²) in [6.07, 6.45) is 3.05. The Morgan fingerprint density at radius 1 is 1.35 bits per heavy atom. The fraction of sp³-hybridized carbons (Fsp3) is 0.533. The molecule has 1 aliphatic rings. The molecule has 0 N–H and O–H groups in total. The highest BCUT2D eigenvalue weighted by Crippen LogP contribution is 2.35. The van der Waals surface area contributed by atoms with Crippen molar-refractivity contribution in [2.75, 3.05) is 30.2 Å². The summed E-state index contributed by atoms with van der Waals surface area (Å²) >= 11 is 12.2. The summed E-state index contributed by atoms with van der Waals surface area (Å²) in [6, 6.07) is 4.73. The number of benzene rings is 1. The second-order valence-electron chi connectivity index (χ2n) is 5.93. The first-order chi connectivity index (χ1) is 10.7. The van der Waals surface area contributed by atoms with Crippen molar-refractivity contribution in [3.05, 3.63) is 28.2 Å². The summed E-state index contributed by atoms with van der Waals surface area (Å²) in [7, 11) is -3.69. The number of anilines is 1. The Hall–Kier alpha value is -0.980. The molecule has 1 aromatic carbocycles. The quantitative estimate of drug-likeness (QED) is 0.808. The zero-order valence-corrected chi connectivity index (χ0v) is 15.5. The maximum atomic E-state index is 12.5. The number of piperidine rings is 1. The molecule has 1 atom stereocenters. The van der Waals surface area contributed by atoms with Gasteiger partial charge in [-0.25, -0.2) is 8.42 Å². The molecule has 1 aromatic rings. The van der Waals surface area contributed by atoms with Crippen LogP contribution in [-0.4, -0.2) is 45.1 Å². The molecule has 1 heterocycles.